The Hall–Kier alpha value is -2.66. The van der Waals surface area contributed by atoms with E-state index in [2.05, 4.69) is 25.5 Å². The van der Waals surface area contributed by atoms with E-state index in [1.54, 1.807) is 41.6 Å². The van der Waals surface area contributed by atoms with Crippen LogP contribution in [0, 0.1) is 0 Å². The fraction of sp³-hybridized carbons (Fsp3) is 0.308. The van der Waals surface area contributed by atoms with Gasteiger partial charge in [0.2, 0.25) is 10.0 Å². The van der Waals surface area contributed by atoms with Crippen molar-refractivity contribution in [2.45, 2.75) is 17.5 Å². The Morgan fingerprint density at radius 1 is 1.17 bits per heavy atom. The molecule has 0 aromatic carbocycles. The maximum atomic E-state index is 12.4. The van der Waals surface area contributed by atoms with Crippen molar-refractivity contribution in [1.82, 2.24) is 39.3 Å². The zero-order valence-corrected chi connectivity index (χ0v) is 13.4. The van der Waals surface area contributed by atoms with Crippen molar-refractivity contribution >= 4 is 10.0 Å². The molecule has 1 aliphatic heterocycles. The van der Waals surface area contributed by atoms with E-state index in [0.717, 1.165) is 5.69 Å². The van der Waals surface area contributed by atoms with Gasteiger partial charge in [-0.3, -0.25) is 4.98 Å². The Bertz CT molecular complexity index is 916. The summed E-state index contributed by atoms with van der Waals surface area (Å²) in [5.74, 6) is 0. The third kappa shape index (κ3) is 2.67. The molecule has 3 aromatic rings. The minimum absolute atomic E-state index is 0.0247. The number of sulfonamides is 1. The number of rotatable bonds is 5. The van der Waals surface area contributed by atoms with E-state index in [0.29, 0.717) is 19.6 Å². The summed E-state index contributed by atoms with van der Waals surface area (Å²) in [7, 11) is -3.49. The molecule has 1 fully saturated rings. The van der Waals surface area contributed by atoms with Crippen LogP contribution in [0.25, 0.3) is 0 Å². The van der Waals surface area contributed by atoms with E-state index in [9.17, 15) is 8.42 Å². The number of hydrogen-bond donors (Lipinski definition) is 0. The molecule has 1 aliphatic rings. The first-order chi connectivity index (χ1) is 11.6. The zero-order valence-electron chi connectivity index (χ0n) is 12.5. The van der Waals surface area contributed by atoms with Crippen molar-refractivity contribution in [3.63, 3.8) is 0 Å². The molecule has 0 atom stereocenters. The first-order valence-corrected chi connectivity index (χ1v) is 8.72. The van der Waals surface area contributed by atoms with Gasteiger partial charge >= 0.3 is 0 Å². The quantitative estimate of drug-likeness (QED) is 0.615. The topological polar surface area (TPSA) is 112 Å². The molecule has 0 aliphatic carbocycles. The van der Waals surface area contributed by atoms with E-state index >= 15 is 0 Å². The summed E-state index contributed by atoms with van der Waals surface area (Å²) in [5, 5.41) is 16.2. The maximum absolute atomic E-state index is 12.4. The molecule has 0 unspecified atom stereocenters. The largest absolute Gasteiger partial charge is 0.263 e. The number of hydrogen-bond acceptors (Lipinski definition) is 7. The molecule has 0 radical (unpaired) electrons. The van der Waals surface area contributed by atoms with Gasteiger partial charge in [-0.25, -0.2) is 13.1 Å². The Kier molecular flexibility index (Phi) is 3.58. The van der Waals surface area contributed by atoms with Crippen LogP contribution in [0.15, 0.2) is 48.0 Å². The van der Waals surface area contributed by atoms with Gasteiger partial charge in [-0.1, -0.05) is 5.21 Å². The summed E-state index contributed by atoms with van der Waals surface area (Å²) >= 11 is 0. The molecule has 4 rings (SSSR count). The van der Waals surface area contributed by atoms with Crippen LogP contribution in [0.1, 0.15) is 11.7 Å². The number of pyridine rings is 1. The Labute approximate surface area is 137 Å². The first-order valence-electron chi connectivity index (χ1n) is 7.28. The van der Waals surface area contributed by atoms with Crippen molar-refractivity contribution in [2.75, 3.05) is 13.1 Å². The third-order valence-corrected chi connectivity index (χ3v) is 5.62. The van der Waals surface area contributed by atoms with Gasteiger partial charge in [0, 0.05) is 25.5 Å². The van der Waals surface area contributed by atoms with Crippen molar-refractivity contribution < 1.29 is 8.42 Å². The number of nitrogens with zero attached hydrogens (tertiary/aromatic N) is 8. The van der Waals surface area contributed by atoms with Crippen LogP contribution in [-0.4, -0.2) is 60.8 Å². The lowest BCUT2D eigenvalue weighted by Crippen LogP contribution is -2.50. The van der Waals surface area contributed by atoms with Crippen LogP contribution >= 0.6 is 0 Å². The lowest BCUT2D eigenvalue weighted by molar-refractivity contribution is 0.189. The molecule has 10 nitrogen and oxygen atoms in total. The van der Waals surface area contributed by atoms with Gasteiger partial charge in [0.1, 0.15) is 17.1 Å². The summed E-state index contributed by atoms with van der Waals surface area (Å²) < 4.78 is 28.0. The summed E-state index contributed by atoms with van der Waals surface area (Å²) in [6.07, 6.45) is 7.88. The third-order valence-electron chi connectivity index (χ3n) is 3.80. The van der Waals surface area contributed by atoms with Crippen LogP contribution in [0.5, 0.6) is 0 Å². The van der Waals surface area contributed by atoms with E-state index in [1.807, 2.05) is 0 Å². The van der Waals surface area contributed by atoms with Gasteiger partial charge in [-0.2, -0.15) is 19.3 Å². The van der Waals surface area contributed by atoms with Gasteiger partial charge in [-0.15, -0.1) is 5.10 Å². The molecule has 1 saturated heterocycles. The zero-order chi connectivity index (χ0) is 16.6. The molecule has 0 bridgehead atoms. The summed E-state index contributed by atoms with van der Waals surface area (Å²) in [6.45, 7) is 1.15. The Balaban J connectivity index is 1.42. The monoisotopic (exact) mass is 346 g/mol. The average Bonchev–Trinajstić information content (AvgIpc) is 3.19. The van der Waals surface area contributed by atoms with Crippen molar-refractivity contribution in [3.05, 3.63) is 48.8 Å². The van der Waals surface area contributed by atoms with Gasteiger partial charge in [-0.05, 0) is 12.1 Å². The molecule has 0 saturated carbocycles. The lowest BCUT2D eigenvalue weighted by atomic mass is 10.2. The highest BCUT2D eigenvalue weighted by Gasteiger charge is 2.38. The van der Waals surface area contributed by atoms with E-state index in [-0.39, 0.29) is 10.9 Å². The SMILES string of the molecule is O=S(=O)(c1cccnc1)N1CC(n2cc(Cn3nccn3)nn2)C1. The van der Waals surface area contributed by atoms with Crippen molar-refractivity contribution in [1.29, 1.82) is 0 Å². The van der Waals surface area contributed by atoms with Gasteiger partial charge in [0.05, 0.1) is 24.6 Å². The van der Waals surface area contributed by atoms with Crippen molar-refractivity contribution in [3.8, 4) is 0 Å². The highest BCUT2D eigenvalue weighted by molar-refractivity contribution is 7.89. The smallest absolute Gasteiger partial charge is 0.244 e. The molecule has 0 spiro atoms. The maximum Gasteiger partial charge on any atom is 0.244 e. The van der Waals surface area contributed by atoms with E-state index in [1.165, 1.54) is 15.3 Å². The molecule has 24 heavy (non-hydrogen) atoms. The second-order valence-electron chi connectivity index (χ2n) is 5.41. The van der Waals surface area contributed by atoms with E-state index < -0.39 is 10.0 Å². The standard InChI is InChI=1S/C13H14N8O2S/c22-24(23,13-2-1-3-14-6-13)19-9-12(10-19)20-7-11(17-18-20)8-21-15-4-5-16-21/h1-7,12H,8-10H2. The predicted octanol–water partition coefficient (Wildman–Crippen LogP) is -0.441. The summed E-state index contributed by atoms with van der Waals surface area (Å²) in [4.78, 5) is 5.57. The predicted molar refractivity (Wildman–Crippen MR) is 81.2 cm³/mol. The molecule has 4 heterocycles. The summed E-state index contributed by atoms with van der Waals surface area (Å²) in [5.41, 5.74) is 0.722. The molecule has 0 N–H and O–H groups in total. The second kappa shape index (κ2) is 5.76. The van der Waals surface area contributed by atoms with Crippen molar-refractivity contribution in [2.24, 2.45) is 0 Å². The van der Waals surface area contributed by atoms with Gasteiger partial charge in [0.25, 0.3) is 0 Å². The summed E-state index contributed by atoms with van der Waals surface area (Å²) in [6, 6.07) is 3.13. The molecule has 11 heteroatoms. The first kappa shape index (κ1) is 14.9. The second-order valence-corrected chi connectivity index (χ2v) is 7.35. The minimum atomic E-state index is -3.49. The fourth-order valence-corrected chi connectivity index (χ4v) is 3.94. The number of aromatic nitrogens is 7. The highest BCUT2D eigenvalue weighted by Crippen LogP contribution is 2.27. The Morgan fingerprint density at radius 3 is 2.67 bits per heavy atom. The van der Waals surface area contributed by atoms with Crippen LogP contribution in [0.4, 0.5) is 0 Å². The lowest BCUT2D eigenvalue weighted by Gasteiger charge is -2.37. The Morgan fingerprint density at radius 2 is 1.96 bits per heavy atom. The molecular weight excluding hydrogens is 332 g/mol. The van der Waals surface area contributed by atoms with Crippen LogP contribution in [0.2, 0.25) is 0 Å². The van der Waals surface area contributed by atoms with Crippen LogP contribution in [0.3, 0.4) is 0 Å². The molecule has 0 amide bonds. The van der Waals surface area contributed by atoms with Gasteiger partial charge < -0.3 is 0 Å². The minimum Gasteiger partial charge on any atom is -0.263 e. The van der Waals surface area contributed by atoms with E-state index in [4.69, 9.17) is 0 Å². The van der Waals surface area contributed by atoms with Crippen LogP contribution in [-0.2, 0) is 16.6 Å². The average molecular weight is 346 g/mol. The molecule has 3 aromatic heterocycles. The van der Waals surface area contributed by atoms with Gasteiger partial charge in [0.15, 0.2) is 0 Å². The molecule has 124 valence electrons. The molecular formula is C13H14N8O2S. The fourth-order valence-electron chi connectivity index (χ4n) is 2.46. The van der Waals surface area contributed by atoms with Crippen LogP contribution < -0.4 is 0 Å². The highest BCUT2D eigenvalue weighted by atomic mass is 32.2. The normalized spacial score (nSPS) is 16.2.